The van der Waals surface area contributed by atoms with Gasteiger partial charge in [0.05, 0.1) is 6.54 Å². The number of aryl methyl sites for hydroxylation is 2. The minimum absolute atomic E-state index is 0.00786. The molecule has 0 aromatic heterocycles. The third-order valence-electron chi connectivity index (χ3n) is 3.74. The molecular weight excluding hydrogens is 332 g/mol. The van der Waals surface area contributed by atoms with Crippen LogP contribution < -0.4 is 10.6 Å². The minimum Gasteiger partial charge on any atom is -0.347 e. The quantitative estimate of drug-likeness (QED) is 0.708. The predicted octanol–water partition coefficient (Wildman–Crippen LogP) is 3.79. The third kappa shape index (κ3) is 6.63. The molecule has 2 rings (SSSR count). The van der Waals surface area contributed by atoms with E-state index < -0.39 is 0 Å². The summed E-state index contributed by atoms with van der Waals surface area (Å²) < 4.78 is 0. The summed E-state index contributed by atoms with van der Waals surface area (Å²) in [6, 6.07) is 15.9. The van der Waals surface area contributed by atoms with Crippen molar-refractivity contribution in [1.29, 1.82) is 0 Å². The van der Waals surface area contributed by atoms with Gasteiger partial charge in [-0.15, -0.1) is 11.8 Å². The number of thioether (sulfide) groups is 1. The molecule has 0 radical (unpaired) electrons. The summed E-state index contributed by atoms with van der Waals surface area (Å²) in [6.07, 6.45) is 1.23. The number of nitrogens with one attached hydrogen (secondary N) is 2. The van der Waals surface area contributed by atoms with Crippen molar-refractivity contribution in [1.82, 2.24) is 5.32 Å². The van der Waals surface area contributed by atoms with Gasteiger partial charge >= 0.3 is 0 Å². The molecule has 0 aliphatic rings. The van der Waals surface area contributed by atoms with Crippen molar-refractivity contribution < 1.29 is 9.59 Å². The molecule has 132 valence electrons. The van der Waals surface area contributed by atoms with Gasteiger partial charge in [0.25, 0.3) is 0 Å². The molecule has 0 saturated heterocycles. The maximum Gasteiger partial charge on any atom is 0.243 e. The fourth-order valence-corrected chi connectivity index (χ4v) is 3.16. The fourth-order valence-electron chi connectivity index (χ4n) is 2.31. The van der Waals surface area contributed by atoms with Crippen LogP contribution in [0, 0.1) is 6.92 Å². The van der Waals surface area contributed by atoms with E-state index in [2.05, 4.69) is 34.9 Å². The zero-order chi connectivity index (χ0) is 18.1. The minimum atomic E-state index is -0.208. The van der Waals surface area contributed by atoms with Gasteiger partial charge in [0.2, 0.25) is 11.8 Å². The average molecular weight is 356 g/mol. The van der Waals surface area contributed by atoms with E-state index in [0.717, 1.165) is 22.6 Å². The summed E-state index contributed by atoms with van der Waals surface area (Å²) in [4.78, 5) is 25.0. The third-order valence-corrected chi connectivity index (χ3v) is 4.75. The summed E-state index contributed by atoms with van der Waals surface area (Å²) in [7, 11) is 0. The Morgan fingerprint density at radius 2 is 1.72 bits per heavy atom. The largest absolute Gasteiger partial charge is 0.347 e. The molecule has 0 bridgehead atoms. The smallest absolute Gasteiger partial charge is 0.243 e. The Balaban J connectivity index is 1.68. The number of carbonyl (C=O) groups is 2. The topological polar surface area (TPSA) is 58.2 Å². The summed E-state index contributed by atoms with van der Waals surface area (Å²) in [5, 5.41) is 5.52. The van der Waals surface area contributed by atoms with Crippen molar-refractivity contribution in [2.45, 2.75) is 31.6 Å². The second kappa shape index (κ2) is 9.89. The molecule has 25 heavy (non-hydrogen) atoms. The Kier molecular flexibility index (Phi) is 7.54. The fraction of sp³-hybridized carbons (Fsp3) is 0.300. The van der Waals surface area contributed by atoms with E-state index in [1.807, 2.05) is 38.1 Å². The SMILES string of the molecule is CCc1ccccc1NC(=O)CNC(=O)CCSc1ccc(C)cc1. The van der Waals surface area contributed by atoms with Crippen LogP contribution in [-0.4, -0.2) is 24.1 Å². The number of para-hydroxylation sites is 1. The molecule has 0 unspecified atom stereocenters. The Hall–Kier alpha value is -2.27. The van der Waals surface area contributed by atoms with E-state index in [1.165, 1.54) is 5.56 Å². The predicted molar refractivity (Wildman–Crippen MR) is 104 cm³/mol. The summed E-state index contributed by atoms with van der Waals surface area (Å²) in [5.74, 6) is 0.369. The second-order valence-corrected chi connectivity index (χ2v) is 6.92. The highest BCUT2D eigenvalue weighted by Crippen LogP contribution is 2.19. The molecule has 2 aromatic rings. The summed E-state index contributed by atoms with van der Waals surface area (Å²) >= 11 is 1.64. The number of benzene rings is 2. The molecule has 2 N–H and O–H groups in total. The van der Waals surface area contributed by atoms with Gasteiger partial charge in [-0.05, 0) is 37.1 Å². The highest BCUT2D eigenvalue weighted by molar-refractivity contribution is 7.99. The van der Waals surface area contributed by atoms with E-state index >= 15 is 0 Å². The van der Waals surface area contributed by atoms with Crippen molar-refractivity contribution in [2.75, 3.05) is 17.6 Å². The molecule has 0 aliphatic heterocycles. The number of anilines is 1. The van der Waals surface area contributed by atoms with Crippen LogP contribution in [0.2, 0.25) is 0 Å². The summed E-state index contributed by atoms with van der Waals surface area (Å²) in [5.41, 5.74) is 3.11. The molecule has 2 aromatic carbocycles. The van der Waals surface area contributed by atoms with Gasteiger partial charge in [0.15, 0.2) is 0 Å². The standard InChI is InChI=1S/C20H24N2O2S/c1-3-16-6-4-5-7-18(16)22-20(24)14-21-19(23)12-13-25-17-10-8-15(2)9-11-17/h4-11H,3,12-14H2,1-2H3,(H,21,23)(H,22,24). The molecule has 0 fully saturated rings. The van der Waals surface area contributed by atoms with Gasteiger partial charge < -0.3 is 10.6 Å². The van der Waals surface area contributed by atoms with Gasteiger partial charge in [0.1, 0.15) is 0 Å². The van der Waals surface area contributed by atoms with Crippen molar-refractivity contribution in [3.8, 4) is 0 Å². The van der Waals surface area contributed by atoms with Crippen LogP contribution in [-0.2, 0) is 16.0 Å². The van der Waals surface area contributed by atoms with E-state index in [4.69, 9.17) is 0 Å². The highest BCUT2D eigenvalue weighted by Gasteiger charge is 2.08. The van der Waals surface area contributed by atoms with Crippen molar-refractivity contribution in [2.24, 2.45) is 0 Å². The summed E-state index contributed by atoms with van der Waals surface area (Å²) in [6.45, 7) is 4.08. The Labute approximate surface area is 153 Å². The zero-order valence-corrected chi connectivity index (χ0v) is 15.5. The van der Waals surface area contributed by atoms with Gasteiger partial charge in [-0.1, -0.05) is 42.8 Å². The normalized spacial score (nSPS) is 10.3. The first-order chi connectivity index (χ1) is 12.1. The van der Waals surface area contributed by atoms with Crippen molar-refractivity contribution in [3.05, 3.63) is 59.7 Å². The molecule has 4 nitrogen and oxygen atoms in total. The lowest BCUT2D eigenvalue weighted by Gasteiger charge is -2.10. The number of hydrogen-bond acceptors (Lipinski definition) is 3. The first-order valence-electron chi connectivity index (χ1n) is 8.42. The van der Waals surface area contributed by atoms with E-state index in [1.54, 1.807) is 11.8 Å². The zero-order valence-electron chi connectivity index (χ0n) is 14.7. The molecule has 0 aliphatic carbocycles. The lowest BCUT2D eigenvalue weighted by molar-refractivity contribution is -0.123. The average Bonchev–Trinajstić information content (AvgIpc) is 2.62. The molecule has 2 amide bonds. The van der Waals surface area contributed by atoms with Crippen LogP contribution in [0.4, 0.5) is 5.69 Å². The van der Waals surface area contributed by atoms with Gasteiger partial charge in [-0.2, -0.15) is 0 Å². The molecule has 5 heteroatoms. The first-order valence-corrected chi connectivity index (χ1v) is 9.41. The Morgan fingerprint density at radius 3 is 2.44 bits per heavy atom. The van der Waals surface area contributed by atoms with Gasteiger partial charge in [0, 0.05) is 22.8 Å². The molecule has 0 spiro atoms. The van der Waals surface area contributed by atoms with Crippen LogP contribution in [0.15, 0.2) is 53.4 Å². The van der Waals surface area contributed by atoms with E-state index in [9.17, 15) is 9.59 Å². The monoisotopic (exact) mass is 356 g/mol. The highest BCUT2D eigenvalue weighted by atomic mass is 32.2. The van der Waals surface area contributed by atoms with Crippen molar-refractivity contribution in [3.63, 3.8) is 0 Å². The van der Waals surface area contributed by atoms with Crippen LogP contribution in [0.5, 0.6) is 0 Å². The second-order valence-electron chi connectivity index (χ2n) is 5.75. The van der Waals surface area contributed by atoms with E-state index in [0.29, 0.717) is 12.2 Å². The molecule has 0 atom stereocenters. The van der Waals surface area contributed by atoms with Gasteiger partial charge in [-0.25, -0.2) is 0 Å². The lowest BCUT2D eigenvalue weighted by Crippen LogP contribution is -2.33. The molecular formula is C20H24N2O2S. The van der Waals surface area contributed by atoms with Crippen LogP contribution in [0.1, 0.15) is 24.5 Å². The molecule has 0 saturated carbocycles. The van der Waals surface area contributed by atoms with Crippen LogP contribution in [0.25, 0.3) is 0 Å². The Bertz CT molecular complexity index is 714. The maximum atomic E-state index is 12.0. The lowest BCUT2D eigenvalue weighted by atomic mass is 10.1. The first kappa shape index (κ1) is 19.1. The number of rotatable bonds is 8. The number of carbonyl (C=O) groups excluding carboxylic acids is 2. The van der Waals surface area contributed by atoms with Crippen LogP contribution in [0.3, 0.4) is 0 Å². The van der Waals surface area contributed by atoms with E-state index in [-0.39, 0.29) is 18.4 Å². The number of amides is 2. The Morgan fingerprint density at radius 1 is 1.00 bits per heavy atom. The van der Waals surface area contributed by atoms with Gasteiger partial charge in [-0.3, -0.25) is 9.59 Å². The van der Waals surface area contributed by atoms with Crippen LogP contribution >= 0.6 is 11.8 Å². The number of hydrogen-bond donors (Lipinski definition) is 2. The maximum absolute atomic E-state index is 12.0. The molecule has 0 heterocycles. The van der Waals surface area contributed by atoms with Crippen molar-refractivity contribution >= 4 is 29.3 Å².